The summed E-state index contributed by atoms with van der Waals surface area (Å²) < 4.78 is 48.0. The fraction of sp³-hybridized carbons (Fsp3) is 0.200. The zero-order valence-electron chi connectivity index (χ0n) is 17.9. The number of para-hydroxylation sites is 1. The van der Waals surface area contributed by atoms with Gasteiger partial charge in [-0.25, -0.2) is 4.68 Å². The van der Waals surface area contributed by atoms with Crippen molar-refractivity contribution in [2.24, 2.45) is 0 Å². The molecule has 0 aliphatic carbocycles. The number of hydrogen-bond acceptors (Lipinski definition) is 4. The Bertz CT molecular complexity index is 1250. The number of anilines is 2. The molecule has 1 aliphatic rings. The summed E-state index contributed by atoms with van der Waals surface area (Å²) in [6, 6.07) is 20.4. The summed E-state index contributed by atoms with van der Waals surface area (Å²) in [5, 5.41) is 7.16. The minimum absolute atomic E-state index is 0.0726. The van der Waals surface area contributed by atoms with Crippen molar-refractivity contribution in [2.45, 2.75) is 31.2 Å². The van der Waals surface area contributed by atoms with Gasteiger partial charge in [0.05, 0.1) is 18.8 Å². The Morgan fingerprint density at radius 2 is 1.76 bits per heavy atom. The molecule has 0 saturated carbocycles. The molecule has 5 rings (SSSR count). The van der Waals surface area contributed by atoms with Crippen LogP contribution in [0.1, 0.15) is 40.3 Å². The van der Waals surface area contributed by atoms with Crippen LogP contribution in [0, 0.1) is 0 Å². The highest BCUT2D eigenvalue weighted by Crippen LogP contribution is 2.43. The molecule has 0 radical (unpaired) electrons. The van der Waals surface area contributed by atoms with Gasteiger partial charge in [0.2, 0.25) is 0 Å². The van der Waals surface area contributed by atoms with Gasteiger partial charge in [0, 0.05) is 18.2 Å². The summed E-state index contributed by atoms with van der Waals surface area (Å²) in [5.41, 5.74) is 1.43. The molecular weight excluding hydrogens is 445 g/mol. The number of furan rings is 1. The van der Waals surface area contributed by atoms with Crippen LogP contribution in [0.4, 0.5) is 24.7 Å². The van der Waals surface area contributed by atoms with Crippen molar-refractivity contribution < 1.29 is 22.4 Å². The maximum absolute atomic E-state index is 13.9. The second-order valence-electron chi connectivity index (χ2n) is 8.08. The molecule has 0 saturated heterocycles. The number of fused-ring (bicyclic) bond motifs is 1. The van der Waals surface area contributed by atoms with Gasteiger partial charge in [-0.05, 0) is 29.8 Å². The topological polar surface area (TPSA) is 63.3 Å². The molecule has 1 amide bonds. The first-order chi connectivity index (χ1) is 16.4. The van der Waals surface area contributed by atoms with Crippen molar-refractivity contribution in [1.82, 2.24) is 9.78 Å². The van der Waals surface area contributed by atoms with E-state index in [1.807, 2.05) is 36.4 Å². The van der Waals surface area contributed by atoms with Crippen LogP contribution in [0.2, 0.25) is 0 Å². The summed E-state index contributed by atoms with van der Waals surface area (Å²) in [4.78, 5) is 15.1. The summed E-state index contributed by atoms with van der Waals surface area (Å²) in [6.45, 7) is 0.247. The number of nitrogens with zero attached hydrogens (tertiary/aromatic N) is 3. The average Bonchev–Trinajstić information content (AvgIpc) is 3.52. The molecule has 0 fully saturated rings. The van der Waals surface area contributed by atoms with E-state index >= 15 is 0 Å². The highest BCUT2D eigenvalue weighted by molar-refractivity contribution is 6.05. The van der Waals surface area contributed by atoms with Crippen LogP contribution in [0.3, 0.4) is 0 Å². The molecular formula is C25H21F3N4O2. The lowest BCUT2D eigenvalue weighted by Gasteiger charge is -2.32. The number of aromatic nitrogens is 2. The number of hydrogen-bond donors (Lipinski definition) is 1. The van der Waals surface area contributed by atoms with Crippen molar-refractivity contribution in [1.29, 1.82) is 0 Å². The number of carbonyl (C=O) groups excluding carboxylic acids is 1. The third-order valence-electron chi connectivity index (χ3n) is 5.79. The van der Waals surface area contributed by atoms with Gasteiger partial charge in [-0.2, -0.15) is 18.3 Å². The fourth-order valence-corrected chi connectivity index (χ4v) is 4.15. The Hall–Kier alpha value is -4.01. The van der Waals surface area contributed by atoms with E-state index in [4.69, 9.17) is 4.42 Å². The second kappa shape index (κ2) is 8.74. The quantitative estimate of drug-likeness (QED) is 0.393. The fourth-order valence-electron chi connectivity index (χ4n) is 4.15. The first-order valence-corrected chi connectivity index (χ1v) is 10.8. The SMILES string of the molecule is O=C(c1cc2n(n1)C(C(F)(F)F)CC(c1ccco1)N2)N(Cc1ccccc1)c1ccccc1. The number of nitrogens with one attached hydrogen (secondary N) is 1. The van der Waals surface area contributed by atoms with Crippen LogP contribution in [0.5, 0.6) is 0 Å². The Morgan fingerprint density at radius 3 is 2.41 bits per heavy atom. The van der Waals surface area contributed by atoms with Crippen LogP contribution in [0.25, 0.3) is 0 Å². The van der Waals surface area contributed by atoms with Crippen molar-refractivity contribution in [3.63, 3.8) is 0 Å². The molecule has 2 aromatic heterocycles. The van der Waals surface area contributed by atoms with E-state index in [-0.39, 0.29) is 24.5 Å². The Balaban J connectivity index is 1.51. The van der Waals surface area contributed by atoms with Crippen LogP contribution >= 0.6 is 0 Å². The number of alkyl halides is 3. The molecule has 2 atom stereocenters. The van der Waals surface area contributed by atoms with Gasteiger partial charge < -0.3 is 14.6 Å². The molecule has 9 heteroatoms. The lowest BCUT2D eigenvalue weighted by atomic mass is 10.0. The van der Waals surface area contributed by atoms with E-state index in [2.05, 4.69) is 10.4 Å². The molecule has 3 heterocycles. The van der Waals surface area contributed by atoms with Gasteiger partial charge in [0.1, 0.15) is 11.6 Å². The zero-order valence-corrected chi connectivity index (χ0v) is 17.9. The molecule has 6 nitrogen and oxygen atoms in total. The molecule has 174 valence electrons. The number of benzene rings is 2. The molecule has 1 N–H and O–H groups in total. The lowest BCUT2D eigenvalue weighted by molar-refractivity contribution is -0.174. The Kier molecular flexibility index (Phi) is 5.61. The minimum atomic E-state index is -4.54. The molecule has 34 heavy (non-hydrogen) atoms. The van der Waals surface area contributed by atoms with E-state index in [1.165, 1.54) is 17.2 Å². The molecule has 2 aromatic carbocycles. The largest absolute Gasteiger partial charge is 0.467 e. The molecule has 4 aromatic rings. The summed E-state index contributed by atoms with van der Waals surface area (Å²) >= 11 is 0. The smallest absolute Gasteiger partial charge is 0.410 e. The lowest BCUT2D eigenvalue weighted by Crippen LogP contribution is -2.36. The first-order valence-electron chi connectivity index (χ1n) is 10.8. The summed E-state index contributed by atoms with van der Waals surface area (Å²) in [6.07, 6.45) is -3.43. The molecule has 2 unspecified atom stereocenters. The van der Waals surface area contributed by atoms with E-state index in [0.29, 0.717) is 11.4 Å². The van der Waals surface area contributed by atoms with Crippen LogP contribution in [-0.2, 0) is 6.54 Å². The van der Waals surface area contributed by atoms with E-state index in [1.54, 1.807) is 36.4 Å². The normalized spacial score (nSPS) is 17.6. The number of halogens is 3. The van der Waals surface area contributed by atoms with Gasteiger partial charge in [-0.3, -0.25) is 4.79 Å². The van der Waals surface area contributed by atoms with Gasteiger partial charge in [0.15, 0.2) is 11.7 Å². The van der Waals surface area contributed by atoms with Crippen molar-refractivity contribution in [3.8, 4) is 0 Å². The minimum Gasteiger partial charge on any atom is -0.467 e. The van der Waals surface area contributed by atoms with E-state index < -0.39 is 24.2 Å². The summed E-state index contributed by atoms with van der Waals surface area (Å²) in [5.74, 6) is 0.0184. The molecule has 0 bridgehead atoms. The number of carbonyl (C=O) groups is 1. The third kappa shape index (κ3) is 4.28. The van der Waals surface area contributed by atoms with Gasteiger partial charge in [0.25, 0.3) is 5.91 Å². The number of rotatable bonds is 5. The van der Waals surface area contributed by atoms with Crippen molar-refractivity contribution in [2.75, 3.05) is 10.2 Å². The Labute approximate surface area is 193 Å². The highest BCUT2D eigenvalue weighted by Gasteiger charge is 2.47. The number of amides is 1. The van der Waals surface area contributed by atoms with Gasteiger partial charge in [-0.15, -0.1) is 0 Å². The van der Waals surface area contributed by atoms with E-state index in [0.717, 1.165) is 10.2 Å². The first kappa shape index (κ1) is 21.8. The zero-order chi connectivity index (χ0) is 23.7. The highest BCUT2D eigenvalue weighted by atomic mass is 19.4. The van der Waals surface area contributed by atoms with Gasteiger partial charge >= 0.3 is 6.18 Å². The molecule has 1 aliphatic heterocycles. The van der Waals surface area contributed by atoms with Crippen LogP contribution < -0.4 is 10.2 Å². The predicted molar refractivity (Wildman–Crippen MR) is 120 cm³/mol. The molecule has 0 spiro atoms. The summed E-state index contributed by atoms with van der Waals surface area (Å²) in [7, 11) is 0. The van der Waals surface area contributed by atoms with E-state index in [9.17, 15) is 18.0 Å². The van der Waals surface area contributed by atoms with Crippen LogP contribution in [0.15, 0.2) is 89.5 Å². The monoisotopic (exact) mass is 466 g/mol. The predicted octanol–water partition coefficient (Wildman–Crippen LogP) is 5.98. The van der Waals surface area contributed by atoms with Gasteiger partial charge in [-0.1, -0.05) is 48.5 Å². The van der Waals surface area contributed by atoms with Crippen LogP contribution in [-0.4, -0.2) is 21.9 Å². The van der Waals surface area contributed by atoms with Crippen molar-refractivity contribution >= 4 is 17.4 Å². The maximum Gasteiger partial charge on any atom is 0.410 e. The standard InChI is InChI=1S/C25H21F3N4O2/c26-25(27,28)22-14-19(21-12-7-13-34-21)29-23-15-20(30-32(22)23)24(33)31(18-10-5-2-6-11-18)16-17-8-3-1-4-9-17/h1-13,15,19,22,29H,14,16H2. The van der Waals surface area contributed by atoms with Crippen molar-refractivity contribution in [3.05, 3.63) is 102 Å². The average molecular weight is 466 g/mol. The second-order valence-corrected chi connectivity index (χ2v) is 8.08. The third-order valence-corrected chi connectivity index (χ3v) is 5.79. The maximum atomic E-state index is 13.9. The Morgan fingerprint density at radius 1 is 1.06 bits per heavy atom.